The van der Waals surface area contributed by atoms with Crippen molar-refractivity contribution in [1.29, 1.82) is 0 Å². The molecule has 0 aromatic heterocycles. The van der Waals surface area contributed by atoms with Crippen molar-refractivity contribution >= 4 is 39.5 Å². The van der Waals surface area contributed by atoms with Gasteiger partial charge in [0.1, 0.15) is 19.3 Å². The number of rotatable bonds is 77. The molecular weight excluding hydrogens is 1260 g/mol. The number of carbonyl (C=O) groups is 4. The van der Waals surface area contributed by atoms with Crippen molar-refractivity contribution in [2.45, 2.75) is 425 Å². The molecule has 0 fully saturated rings. The molecule has 96 heavy (non-hydrogen) atoms. The van der Waals surface area contributed by atoms with Gasteiger partial charge in [-0.2, -0.15) is 0 Å². The number of hydrogen-bond acceptors (Lipinski definition) is 15. The molecule has 0 amide bonds. The predicted octanol–water partition coefficient (Wildman–Crippen LogP) is 22.9. The number of unbranched alkanes of at least 4 members (excludes halogenated alkanes) is 49. The largest absolute Gasteiger partial charge is 0.472 e. The average Bonchev–Trinajstić information content (AvgIpc) is 3.24. The number of aliphatic hydroxyl groups excluding tert-OH is 1. The Hall–Kier alpha value is -1.94. The van der Waals surface area contributed by atoms with Crippen molar-refractivity contribution in [3.05, 3.63) is 0 Å². The van der Waals surface area contributed by atoms with E-state index in [1.165, 1.54) is 218 Å². The van der Waals surface area contributed by atoms with Crippen LogP contribution in [0.1, 0.15) is 407 Å². The zero-order valence-electron chi connectivity index (χ0n) is 62.5. The fraction of sp³-hybridized carbons (Fsp3) is 0.948. The summed E-state index contributed by atoms with van der Waals surface area (Å²) in [6.45, 7) is 7.26. The second-order valence-corrected chi connectivity index (χ2v) is 31.1. The van der Waals surface area contributed by atoms with Gasteiger partial charge in [0.05, 0.1) is 26.4 Å². The Morgan fingerprint density at radius 2 is 0.479 bits per heavy atom. The molecule has 17 nitrogen and oxygen atoms in total. The van der Waals surface area contributed by atoms with Crippen molar-refractivity contribution < 1.29 is 80.2 Å². The summed E-state index contributed by atoms with van der Waals surface area (Å²) in [5, 5.41) is 10.6. The highest BCUT2D eigenvalue weighted by molar-refractivity contribution is 7.47. The minimum atomic E-state index is -4.96. The van der Waals surface area contributed by atoms with Gasteiger partial charge in [-0.25, -0.2) is 9.13 Å². The van der Waals surface area contributed by atoms with Crippen LogP contribution in [0.3, 0.4) is 0 Å². The first kappa shape index (κ1) is 94.1. The van der Waals surface area contributed by atoms with Crippen LogP contribution in [0.25, 0.3) is 0 Å². The van der Waals surface area contributed by atoms with Crippen LogP contribution in [0.15, 0.2) is 0 Å². The van der Waals surface area contributed by atoms with Crippen molar-refractivity contribution in [1.82, 2.24) is 0 Å². The molecule has 5 atom stereocenters. The zero-order valence-corrected chi connectivity index (χ0v) is 64.3. The van der Waals surface area contributed by atoms with Gasteiger partial charge in [-0.3, -0.25) is 37.3 Å². The highest BCUT2D eigenvalue weighted by atomic mass is 31.2. The van der Waals surface area contributed by atoms with E-state index in [4.69, 9.17) is 37.0 Å². The van der Waals surface area contributed by atoms with E-state index >= 15 is 0 Å². The van der Waals surface area contributed by atoms with Gasteiger partial charge in [0, 0.05) is 25.7 Å². The molecule has 0 rings (SSSR count). The summed E-state index contributed by atoms with van der Waals surface area (Å²) in [6.07, 6.45) is 60.0. The molecule has 2 unspecified atom stereocenters. The number of ether oxygens (including phenoxy) is 4. The summed E-state index contributed by atoms with van der Waals surface area (Å²) in [5.41, 5.74) is 0. The van der Waals surface area contributed by atoms with Crippen molar-refractivity contribution in [2.75, 3.05) is 39.6 Å². The van der Waals surface area contributed by atoms with Gasteiger partial charge >= 0.3 is 39.5 Å². The van der Waals surface area contributed by atoms with Crippen LogP contribution in [0.2, 0.25) is 0 Å². The molecular formula is C77H150O17P2. The highest BCUT2D eigenvalue weighted by Crippen LogP contribution is 2.45. The molecule has 0 aliphatic carbocycles. The molecule has 0 bridgehead atoms. The van der Waals surface area contributed by atoms with Gasteiger partial charge in [-0.05, 0) is 31.6 Å². The lowest BCUT2D eigenvalue weighted by atomic mass is 10.0. The lowest BCUT2D eigenvalue weighted by molar-refractivity contribution is -0.161. The third kappa shape index (κ3) is 70.5. The zero-order chi connectivity index (χ0) is 70.5. The Kier molecular flexibility index (Phi) is 68.7. The Morgan fingerprint density at radius 1 is 0.281 bits per heavy atom. The number of esters is 4. The Morgan fingerprint density at radius 3 is 0.708 bits per heavy atom. The van der Waals surface area contributed by atoms with E-state index in [0.29, 0.717) is 25.7 Å². The van der Waals surface area contributed by atoms with Gasteiger partial charge in [0.2, 0.25) is 0 Å². The fourth-order valence-corrected chi connectivity index (χ4v) is 13.5. The predicted molar refractivity (Wildman–Crippen MR) is 391 cm³/mol. The van der Waals surface area contributed by atoms with Crippen LogP contribution >= 0.6 is 15.6 Å². The third-order valence-electron chi connectivity index (χ3n) is 18.0. The maximum atomic E-state index is 13.1. The SMILES string of the molecule is CCCCCCCCCCCCCCCCCCCCCCCC(=O)O[C@H](COC(=O)CCCCCCCCCCCCCCCCCCC(C)C)COP(=O)(O)OC[C@@H](O)COP(=O)(O)OC[C@@H](COC(=O)CCCCCCCCC)OC(=O)CCCCCCCCCCC. The molecule has 3 N–H and O–H groups in total. The number of phosphoric acid groups is 2. The minimum Gasteiger partial charge on any atom is -0.462 e. The first-order valence-electron chi connectivity index (χ1n) is 40.1. The summed E-state index contributed by atoms with van der Waals surface area (Å²) in [6, 6.07) is 0. The van der Waals surface area contributed by atoms with E-state index in [0.717, 1.165) is 109 Å². The van der Waals surface area contributed by atoms with Gasteiger partial charge < -0.3 is 33.8 Å². The standard InChI is InChI=1S/C77H150O17P2/c1-6-9-12-15-18-20-21-22-23-24-25-26-27-28-33-36-39-43-48-53-58-63-77(82)94-73(67-88-75(80)61-56-51-46-42-38-35-32-30-29-31-34-37-41-45-49-54-59-70(4)5)69-92-96(85,86)90-65-71(78)64-89-95(83,84)91-68-72(66-87-74(79)60-55-50-44-17-14-11-8-3)93-76(81)62-57-52-47-40-19-16-13-10-7-2/h70-73,78H,6-69H2,1-5H3,(H,83,84)(H,85,86)/t71-,72+,73+/m0/s1. The van der Waals surface area contributed by atoms with E-state index in [9.17, 15) is 43.2 Å². The van der Waals surface area contributed by atoms with Crippen LogP contribution in [0, 0.1) is 5.92 Å². The van der Waals surface area contributed by atoms with Crippen molar-refractivity contribution in [2.24, 2.45) is 5.92 Å². The van der Waals surface area contributed by atoms with E-state index in [2.05, 4.69) is 34.6 Å². The van der Waals surface area contributed by atoms with E-state index in [1.807, 2.05) is 0 Å². The topological polar surface area (TPSA) is 237 Å². The summed E-state index contributed by atoms with van der Waals surface area (Å²) >= 11 is 0. The van der Waals surface area contributed by atoms with Crippen molar-refractivity contribution in [3.8, 4) is 0 Å². The van der Waals surface area contributed by atoms with Crippen LogP contribution in [0.4, 0.5) is 0 Å². The number of carbonyl (C=O) groups excluding carboxylic acids is 4. The molecule has 570 valence electrons. The Labute approximate surface area is 588 Å². The van der Waals surface area contributed by atoms with Crippen LogP contribution in [0.5, 0.6) is 0 Å². The van der Waals surface area contributed by atoms with Crippen LogP contribution in [-0.2, 0) is 65.4 Å². The van der Waals surface area contributed by atoms with E-state index in [-0.39, 0.29) is 25.7 Å². The summed E-state index contributed by atoms with van der Waals surface area (Å²) in [7, 11) is -9.90. The van der Waals surface area contributed by atoms with Gasteiger partial charge in [0.15, 0.2) is 12.2 Å². The lowest BCUT2D eigenvalue weighted by Gasteiger charge is -2.21. The summed E-state index contributed by atoms with van der Waals surface area (Å²) in [4.78, 5) is 72.6. The number of hydrogen-bond donors (Lipinski definition) is 3. The first-order valence-corrected chi connectivity index (χ1v) is 43.1. The van der Waals surface area contributed by atoms with Gasteiger partial charge in [-0.15, -0.1) is 0 Å². The highest BCUT2D eigenvalue weighted by Gasteiger charge is 2.30. The first-order chi connectivity index (χ1) is 46.5. The van der Waals surface area contributed by atoms with Crippen molar-refractivity contribution in [3.63, 3.8) is 0 Å². The van der Waals surface area contributed by atoms with Gasteiger partial charge in [0.25, 0.3) is 0 Å². The molecule has 0 aliphatic rings. The number of phosphoric ester groups is 2. The fourth-order valence-electron chi connectivity index (χ4n) is 11.9. The smallest absolute Gasteiger partial charge is 0.462 e. The summed E-state index contributed by atoms with van der Waals surface area (Å²) in [5.74, 6) is -1.31. The molecule has 0 saturated heterocycles. The molecule has 19 heteroatoms. The lowest BCUT2D eigenvalue weighted by Crippen LogP contribution is -2.30. The molecule has 0 saturated carbocycles. The third-order valence-corrected chi connectivity index (χ3v) is 19.9. The van der Waals surface area contributed by atoms with E-state index in [1.54, 1.807) is 0 Å². The summed E-state index contributed by atoms with van der Waals surface area (Å²) < 4.78 is 68.3. The Bertz CT molecular complexity index is 1840. The van der Waals surface area contributed by atoms with E-state index < -0.39 is 97.5 Å². The molecule has 0 spiro atoms. The normalized spacial score (nSPS) is 13.9. The van der Waals surface area contributed by atoms with Gasteiger partial charge in [-0.1, -0.05) is 356 Å². The minimum absolute atomic E-state index is 0.106. The van der Waals surface area contributed by atoms with Crippen LogP contribution < -0.4 is 0 Å². The molecule has 0 heterocycles. The Balaban J connectivity index is 5.13. The number of aliphatic hydroxyl groups is 1. The molecule has 0 radical (unpaired) electrons. The molecule has 0 aromatic carbocycles. The maximum Gasteiger partial charge on any atom is 0.472 e. The van der Waals surface area contributed by atoms with Crippen LogP contribution in [-0.4, -0.2) is 96.7 Å². The quantitative estimate of drug-likeness (QED) is 0.0222. The average molecular weight is 1410 g/mol. The molecule has 0 aliphatic heterocycles. The second kappa shape index (κ2) is 70.1. The maximum absolute atomic E-state index is 13.1. The monoisotopic (exact) mass is 1410 g/mol. The second-order valence-electron chi connectivity index (χ2n) is 28.2. The molecule has 0 aromatic rings.